The van der Waals surface area contributed by atoms with Gasteiger partial charge in [0.15, 0.2) is 11.5 Å². The van der Waals surface area contributed by atoms with Crippen LogP contribution < -0.4 is 24.8 Å². The molecule has 1 fully saturated rings. The molecule has 1 aromatic heterocycles. The average Bonchev–Trinajstić information content (AvgIpc) is 3.76. The highest BCUT2D eigenvalue weighted by Crippen LogP contribution is 2.40. The molecule has 2 aromatic rings. The number of thiophene rings is 1. The summed E-state index contributed by atoms with van der Waals surface area (Å²) in [7, 11) is 0. The van der Waals surface area contributed by atoms with E-state index < -0.39 is 23.8 Å². The summed E-state index contributed by atoms with van der Waals surface area (Å²) in [6, 6.07) is 6.19. The zero-order valence-corrected chi connectivity index (χ0v) is 40.9. The van der Waals surface area contributed by atoms with Gasteiger partial charge in [0.2, 0.25) is 5.75 Å². The lowest BCUT2D eigenvalue weighted by Gasteiger charge is -2.19. The van der Waals surface area contributed by atoms with E-state index in [1.54, 1.807) is 12.1 Å². The van der Waals surface area contributed by atoms with Crippen molar-refractivity contribution in [2.24, 2.45) is 0 Å². The average molecular weight is 909 g/mol. The monoisotopic (exact) mass is 909 g/mol. The summed E-state index contributed by atoms with van der Waals surface area (Å²) in [6.45, 7) is 8.46. The minimum atomic E-state index is -0.865. The van der Waals surface area contributed by atoms with Crippen LogP contribution in [-0.4, -0.2) is 43.6 Å². The minimum absolute atomic E-state index is 0.0119. The molecule has 3 rings (SSSR count). The fraction of sp³-hybridized carbons (Fsp3) is 0.698. The second-order valence-corrected chi connectivity index (χ2v) is 18.7. The van der Waals surface area contributed by atoms with Gasteiger partial charge in [-0.15, -0.1) is 11.3 Å². The van der Waals surface area contributed by atoms with Crippen LogP contribution in [0, 0.1) is 0 Å². The summed E-state index contributed by atoms with van der Waals surface area (Å²) in [5.74, 6) is -0.272. The largest absolute Gasteiger partial charge is 0.490 e. The lowest BCUT2D eigenvalue weighted by Crippen LogP contribution is -2.51. The Kier molecular flexibility index (Phi) is 30.1. The van der Waals surface area contributed by atoms with Crippen molar-refractivity contribution < 1.29 is 38.1 Å². The van der Waals surface area contributed by atoms with Crippen LogP contribution in [0.5, 0.6) is 17.2 Å². The first-order valence-electron chi connectivity index (χ1n) is 25.6. The Bertz CT molecular complexity index is 1570. The molecule has 0 spiro atoms. The first-order chi connectivity index (χ1) is 31.4. The van der Waals surface area contributed by atoms with E-state index >= 15 is 0 Å². The number of nitrogens with one attached hydrogen (secondary N) is 2. The van der Waals surface area contributed by atoms with E-state index in [0.29, 0.717) is 46.8 Å². The lowest BCUT2D eigenvalue weighted by molar-refractivity contribution is -0.123. The van der Waals surface area contributed by atoms with E-state index in [1.165, 1.54) is 160 Å². The maximum Gasteiger partial charge on any atom is 0.348 e. The normalized spacial score (nSPS) is 12.6. The number of hydrogen-bond donors (Lipinski definition) is 2. The number of urea groups is 1. The van der Waals surface area contributed by atoms with Gasteiger partial charge in [-0.3, -0.25) is 20.2 Å². The fourth-order valence-corrected chi connectivity index (χ4v) is 8.73. The van der Waals surface area contributed by atoms with Crippen molar-refractivity contribution in [3.05, 3.63) is 45.2 Å². The van der Waals surface area contributed by atoms with Crippen molar-refractivity contribution >= 4 is 41.2 Å². The van der Waals surface area contributed by atoms with E-state index in [9.17, 15) is 19.2 Å². The zero-order valence-electron chi connectivity index (χ0n) is 40.1. The van der Waals surface area contributed by atoms with E-state index in [2.05, 4.69) is 31.4 Å². The van der Waals surface area contributed by atoms with E-state index in [4.69, 9.17) is 18.9 Å². The Labute approximate surface area is 390 Å². The molecule has 360 valence electrons. The minimum Gasteiger partial charge on any atom is -0.490 e. The van der Waals surface area contributed by atoms with Crippen LogP contribution in [0.25, 0.3) is 6.08 Å². The molecule has 0 atom stereocenters. The Morgan fingerprint density at radius 3 is 1.30 bits per heavy atom. The van der Waals surface area contributed by atoms with Crippen LogP contribution >= 0.6 is 11.3 Å². The van der Waals surface area contributed by atoms with Crippen LogP contribution in [0.4, 0.5) is 4.79 Å². The highest BCUT2D eigenvalue weighted by molar-refractivity contribution is 7.14. The van der Waals surface area contributed by atoms with Gasteiger partial charge in [0, 0.05) is 4.88 Å². The molecule has 1 aliphatic heterocycles. The number of imide groups is 2. The molecule has 1 saturated heterocycles. The number of unbranched alkanes of at least 4 members (excludes halogenated alkanes) is 27. The van der Waals surface area contributed by atoms with Gasteiger partial charge >= 0.3 is 12.0 Å². The van der Waals surface area contributed by atoms with Gasteiger partial charge in [0.1, 0.15) is 17.1 Å². The van der Waals surface area contributed by atoms with Crippen molar-refractivity contribution in [3.63, 3.8) is 0 Å². The van der Waals surface area contributed by atoms with Crippen molar-refractivity contribution in [1.29, 1.82) is 0 Å². The topological polar surface area (TPSA) is 129 Å². The van der Waals surface area contributed by atoms with Crippen LogP contribution in [0.2, 0.25) is 0 Å². The fourth-order valence-electron chi connectivity index (χ4n) is 7.89. The summed E-state index contributed by atoms with van der Waals surface area (Å²) >= 11 is 1.09. The maximum absolute atomic E-state index is 13.3. The van der Waals surface area contributed by atoms with Crippen LogP contribution in [0.15, 0.2) is 29.8 Å². The van der Waals surface area contributed by atoms with Crippen molar-refractivity contribution in [2.75, 3.05) is 19.8 Å². The van der Waals surface area contributed by atoms with Gasteiger partial charge < -0.3 is 18.9 Å². The first-order valence-corrected chi connectivity index (χ1v) is 26.4. The lowest BCUT2D eigenvalue weighted by atomic mass is 10.1. The van der Waals surface area contributed by atoms with Gasteiger partial charge in [-0.25, -0.2) is 9.59 Å². The third-order valence-corrected chi connectivity index (χ3v) is 12.8. The summed E-state index contributed by atoms with van der Waals surface area (Å²) in [6.07, 6.45) is 38.7. The molecule has 11 heteroatoms. The van der Waals surface area contributed by atoms with Crippen molar-refractivity contribution in [2.45, 2.75) is 220 Å². The zero-order chi connectivity index (χ0) is 45.9. The highest BCUT2D eigenvalue weighted by atomic mass is 32.1. The van der Waals surface area contributed by atoms with Gasteiger partial charge in [0.05, 0.1) is 19.8 Å². The third-order valence-electron chi connectivity index (χ3n) is 11.8. The van der Waals surface area contributed by atoms with Crippen LogP contribution in [0.3, 0.4) is 0 Å². The number of rotatable bonds is 40. The standard InChI is InChI=1S/C53H84N2O8S/c1-4-7-10-13-16-19-22-25-28-31-36-60-46-39-43(42-63-52(58)48-35-34-44(64-48)41-45-50(56)54-53(59)55-51(45)57)40-47(61-37-32-29-26-23-20-17-14-11-8-5-2)49(46)62-38-33-30-27-24-21-18-15-12-9-6-3/h34-35,39-41H,4-33,36-38,42H2,1-3H3,(H2,54,55,56,57,59). The van der Waals surface area contributed by atoms with Crippen molar-refractivity contribution in [1.82, 2.24) is 10.6 Å². The summed E-state index contributed by atoms with van der Waals surface area (Å²) in [5, 5.41) is 4.12. The van der Waals surface area contributed by atoms with Gasteiger partial charge in [-0.05, 0) is 55.2 Å². The van der Waals surface area contributed by atoms with Gasteiger partial charge in [0.25, 0.3) is 11.8 Å². The Morgan fingerprint density at radius 1 is 0.516 bits per heavy atom. The number of amides is 4. The smallest absolute Gasteiger partial charge is 0.348 e. The number of esters is 1. The molecule has 64 heavy (non-hydrogen) atoms. The molecular formula is C53H84N2O8S. The number of carbonyl (C=O) groups excluding carboxylic acids is 4. The van der Waals surface area contributed by atoms with E-state index in [1.807, 2.05) is 12.1 Å². The quantitative estimate of drug-likeness (QED) is 0.0293. The van der Waals surface area contributed by atoms with E-state index in [0.717, 1.165) is 55.4 Å². The number of barbiturate groups is 1. The number of hydrogen-bond acceptors (Lipinski definition) is 9. The number of carbonyl (C=O) groups is 4. The Balaban J connectivity index is 1.68. The first kappa shape index (κ1) is 54.5. The van der Waals surface area contributed by atoms with E-state index in [-0.39, 0.29) is 12.2 Å². The molecule has 1 aliphatic rings. The Hall–Kier alpha value is -3.86. The molecule has 2 heterocycles. The van der Waals surface area contributed by atoms with Crippen LogP contribution in [-0.2, 0) is 20.9 Å². The third kappa shape index (κ3) is 23.9. The summed E-state index contributed by atoms with van der Waals surface area (Å²) in [4.78, 5) is 50.0. The second kappa shape index (κ2) is 35.4. The molecule has 0 unspecified atom stereocenters. The highest BCUT2D eigenvalue weighted by Gasteiger charge is 2.28. The number of ether oxygens (including phenoxy) is 4. The maximum atomic E-state index is 13.3. The molecule has 1 aromatic carbocycles. The molecule has 0 radical (unpaired) electrons. The van der Waals surface area contributed by atoms with Crippen molar-refractivity contribution in [3.8, 4) is 17.2 Å². The summed E-state index contributed by atoms with van der Waals surface area (Å²) in [5.41, 5.74) is 0.516. The molecule has 10 nitrogen and oxygen atoms in total. The predicted molar refractivity (Wildman–Crippen MR) is 262 cm³/mol. The van der Waals surface area contributed by atoms with Gasteiger partial charge in [-0.1, -0.05) is 194 Å². The SMILES string of the molecule is CCCCCCCCCCCCOc1cc(COC(=O)c2ccc(C=C3C(=O)NC(=O)NC3=O)s2)cc(OCCCCCCCCCCCC)c1OCCCCCCCCCCCC. The molecule has 4 amide bonds. The van der Waals surface area contributed by atoms with Crippen LogP contribution in [0.1, 0.15) is 234 Å². The van der Waals surface area contributed by atoms with Gasteiger partial charge in [-0.2, -0.15) is 0 Å². The second-order valence-electron chi connectivity index (χ2n) is 17.6. The molecule has 0 saturated carbocycles. The predicted octanol–water partition coefficient (Wildman–Crippen LogP) is 14.8. The number of benzene rings is 1. The molecule has 0 aliphatic carbocycles. The Morgan fingerprint density at radius 2 is 0.891 bits per heavy atom. The summed E-state index contributed by atoms with van der Waals surface area (Å²) < 4.78 is 25.4. The molecule has 2 N–H and O–H groups in total. The molecular weight excluding hydrogens is 825 g/mol. The molecule has 0 bridgehead atoms.